The zero-order valence-corrected chi connectivity index (χ0v) is 17.9. The molecule has 12 unspecified atom stereocenters. The summed E-state index contributed by atoms with van der Waals surface area (Å²) in [6.07, 6.45) is 3.04. The van der Waals surface area contributed by atoms with E-state index in [0.29, 0.717) is 0 Å². The first-order valence-electron chi connectivity index (χ1n) is 11.2. The van der Waals surface area contributed by atoms with Gasteiger partial charge in [-0.3, -0.25) is 0 Å². The number of hydrogen-bond donors (Lipinski definition) is 0. The molecular formula is C24H44. The summed E-state index contributed by atoms with van der Waals surface area (Å²) in [4.78, 5) is 0. The van der Waals surface area contributed by atoms with Gasteiger partial charge in [0.1, 0.15) is 0 Å². The van der Waals surface area contributed by atoms with E-state index in [2.05, 4.69) is 62.3 Å². The third-order valence-corrected chi connectivity index (χ3v) is 10.1. The summed E-state index contributed by atoms with van der Waals surface area (Å²) in [5, 5.41) is 0. The second-order valence-electron chi connectivity index (χ2n) is 11.0. The summed E-state index contributed by atoms with van der Waals surface area (Å²) < 4.78 is 0. The Kier molecular flexibility index (Phi) is 5.18. The molecule has 0 bridgehead atoms. The summed E-state index contributed by atoms with van der Waals surface area (Å²) >= 11 is 0. The van der Waals surface area contributed by atoms with Crippen LogP contribution < -0.4 is 0 Å². The van der Waals surface area contributed by atoms with E-state index in [0.717, 1.165) is 76.9 Å². The maximum atomic E-state index is 2.62. The van der Waals surface area contributed by atoms with Crippen LogP contribution in [0.5, 0.6) is 0 Å². The van der Waals surface area contributed by atoms with E-state index < -0.39 is 0 Å². The van der Waals surface area contributed by atoms with Crippen molar-refractivity contribution < 1.29 is 0 Å². The molecule has 3 saturated carbocycles. The minimum absolute atomic E-state index is 0.865. The molecule has 0 heterocycles. The van der Waals surface area contributed by atoms with Crippen molar-refractivity contribution in [3.63, 3.8) is 0 Å². The van der Waals surface area contributed by atoms with Gasteiger partial charge in [-0.05, 0) is 89.8 Å². The lowest BCUT2D eigenvalue weighted by Crippen LogP contribution is -2.45. The second-order valence-corrected chi connectivity index (χ2v) is 11.0. The Bertz CT molecular complexity index is 437. The molecule has 0 nitrogen and oxygen atoms in total. The van der Waals surface area contributed by atoms with Crippen LogP contribution in [0.2, 0.25) is 0 Å². The normalized spacial score (nSPS) is 58.2. The van der Waals surface area contributed by atoms with E-state index >= 15 is 0 Å². The van der Waals surface area contributed by atoms with Gasteiger partial charge in [0.2, 0.25) is 0 Å². The lowest BCUT2D eigenvalue weighted by molar-refractivity contribution is -0.0201. The highest BCUT2D eigenvalue weighted by Gasteiger charge is 2.57. The van der Waals surface area contributed by atoms with Gasteiger partial charge in [-0.1, -0.05) is 62.3 Å². The molecule has 0 aromatic rings. The van der Waals surface area contributed by atoms with Crippen LogP contribution in [0.4, 0.5) is 0 Å². The predicted molar refractivity (Wildman–Crippen MR) is 106 cm³/mol. The molecular weight excluding hydrogens is 288 g/mol. The van der Waals surface area contributed by atoms with Crippen molar-refractivity contribution in [1.29, 1.82) is 0 Å². The van der Waals surface area contributed by atoms with Crippen molar-refractivity contribution >= 4 is 0 Å². The van der Waals surface area contributed by atoms with Gasteiger partial charge in [-0.2, -0.15) is 0 Å². The van der Waals surface area contributed by atoms with Crippen LogP contribution in [0.3, 0.4) is 0 Å². The van der Waals surface area contributed by atoms with Gasteiger partial charge in [0.25, 0.3) is 0 Å². The second kappa shape index (κ2) is 6.62. The van der Waals surface area contributed by atoms with Crippen molar-refractivity contribution in [2.24, 2.45) is 76.9 Å². The molecule has 3 rings (SSSR count). The Morgan fingerprint density at radius 3 is 1.54 bits per heavy atom. The zero-order valence-electron chi connectivity index (χ0n) is 17.9. The van der Waals surface area contributed by atoms with E-state index in [9.17, 15) is 0 Å². The average Bonchev–Trinajstić information content (AvgIpc) is 3.04. The maximum absolute atomic E-state index is 2.62. The van der Waals surface area contributed by atoms with Gasteiger partial charge in [-0.15, -0.1) is 0 Å². The monoisotopic (exact) mass is 332 g/mol. The van der Waals surface area contributed by atoms with Crippen LogP contribution >= 0.6 is 0 Å². The van der Waals surface area contributed by atoms with Crippen LogP contribution in [0.25, 0.3) is 0 Å². The molecule has 3 aliphatic carbocycles. The number of fused-ring (bicyclic) bond motifs is 1. The molecule has 12 atom stereocenters. The first kappa shape index (κ1) is 18.8. The quantitative estimate of drug-likeness (QED) is 0.511. The molecule has 0 N–H and O–H groups in total. The lowest BCUT2D eigenvalue weighted by Gasteiger charge is -2.50. The molecule has 0 amide bonds. The third kappa shape index (κ3) is 2.69. The minimum Gasteiger partial charge on any atom is -0.0625 e. The smallest absolute Gasteiger partial charge is 0.0321 e. The first-order valence-corrected chi connectivity index (χ1v) is 11.2. The molecule has 0 heteroatoms. The van der Waals surface area contributed by atoms with E-state index in [1.807, 2.05) is 0 Å². The van der Waals surface area contributed by atoms with Crippen LogP contribution in [-0.2, 0) is 0 Å². The van der Waals surface area contributed by atoms with Gasteiger partial charge < -0.3 is 0 Å². The molecule has 0 aromatic carbocycles. The fraction of sp³-hybridized carbons (Fsp3) is 1.00. The zero-order chi connectivity index (χ0) is 17.9. The summed E-state index contributed by atoms with van der Waals surface area (Å²) in [7, 11) is 0. The maximum Gasteiger partial charge on any atom is -0.0321 e. The molecule has 0 saturated heterocycles. The molecule has 3 fully saturated rings. The molecule has 24 heavy (non-hydrogen) atoms. The van der Waals surface area contributed by atoms with Gasteiger partial charge in [0.15, 0.2) is 0 Å². The fourth-order valence-corrected chi connectivity index (χ4v) is 7.85. The number of hydrogen-bond acceptors (Lipinski definition) is 0. The van der Waals surface area contributed by atoms with Gasteiger partial charge in [-0.25, -0.2) is 0 Å². The highest BCUT2D eigenvalue weighted by Crippen LogP contribution is 2.63. The summed E-state index contributed by atoms with van der Waals surface area (Å²) in [5.41, 5.74) is 0. The van der Waals surface area contributed by atoms with E-state index in [4.69, 9.17) is 0 Å². The van der Waals surface area contributed by atoms with Gasteiger partial charge >= 0.3 is 0 Å². The highest BCUT2D eigenvalue weighted by atomic mass is 14.6. The Labute approximate surface area is 152 Å². The van der Waals surface area contributed by atoms with Crippen molar-refractivity contribution in [1.82, 2.24) is 0 Å². The largest absolute Gasteiger partial charge is 0.0625 e. The summed E-state index contributed by atoms with van der Waals surface area (Å²) in [5.74, 6) is 12.3. The molecule has 0 spiro atoms. The molecule has 0 aliphatic heterocycles. The molecule has 140 valence electrons. The van der Waals surface area contributed by atoms with Crippen LogP contribution in [0.1, 0.15) is 75.2 Å². The van der Waals surface area contributed by atoms with E-state index in [1.54, 1.807) is 0 Å². The van der Waals surface area contributed by atoms with Gasteiger partial charge in [0, 0.05) is 0 Å². The van der Waals surface area contributed by atoms with Crippen molar-refractivity contribution in [3.05, 3.63) is 0 Å². The molecule has 3 aliphatic rings. The van der Waals surface area contributed by atoms with Crippen LogP contribution in [0.15, 0.2) is 0 Å². The first-order chi connectivity index (χ1) is 11.2. The van der Waals surface area contributed by atoms with E-state index in [1.165, 1.54) is 12.8 Å². The van der Waals surface area contributed by atoms with Crippen molar-refractivity contribution in [2.45, 2.75) is 75.2 Å². The predicted octanol–water partition coefficient (Wildman–Crippen LogP) is 7.00. The summed E-state index contributed by atoms with van der Waals surface area (Å²) in [6, 6.07) is 0. The minimum atomic E-state index is 0.865. The fourth-order valence-electron chi connectivity index (χ4n) is 7.85. The SMILES string of the molecule is CC(C)C1CC(C2CC(C)C(C)C2C)C2C(C)C(C)C(C)C(C)C12. The highest BCUT2D eigenvalue weighted by molar-refractivity contribution is 5.05. The lowest BCUT2D eigenvalue weighted by atomic mass is 9.55. The Morgan fingerprint density at radius 1 is 0.542 bits per heavy atom. The Balaban J connectivity index is 1.94. The Morgan fingerprint density at radius 2 is 1.08 bits per heavy atom. The molecule has 0 aromatic heterocycles. The van der Waals surface area contributed by atoms with Crippen LogP contribution in [-0.4, -0.2) is 0 Å². The third-order valence-electron chi connectivity index (χ3n) is 10.1. The van der Waals surface area contributed by atoms with Crippen molar-refractivity contribution in [2.75, 3.05) is 0 Å². The topological polar surface area (TPSA) is 0 Å². The van der Waals surface area contributed by atoms with Crippen LogP contribution in [0, 0.1) is 76.9 Å². The van der Waals surface area contributed by atoms with Crippen molar-refractivity contribution in [3.8, 4) is 0 Å². The number of rotatable bonds is 2. The summed E-state index contributed by atoms with van der Waals surface area (Å²) in [6.45, 7) is 23.0. The van der Waals surface area contributed by atoms with Gasteiger partial charge in [0.05, 0.1) is 0 Å². The average molecular weight is 333 g/mol. The standard InChI is InChI=1S/C24H44/c1-12(2)20-11-22(21-10-13(3)14(4)17(21)7)24-19(9)16(6)15(5)18(8)23(20)24/h12-24H,10-11H2,1-9H3. The molecule has 0 radical (unpaired) electrons. The van der Waals surface area contributed by atoms with E-state index in [-0.39, 0.29) is 0 Å². The Hall–Kier alpha value is 0.